The van der Waals surface area contributed by atoms with Gasteiger partial charge in [0.1, 0.15) is 0 Å². The highest BCUT2D eigenvalue weighted by molar-refractivity contribution is 9.10. The standard InChI is InChI=1S/C15H16BrF3N4S/c1-10-8-12(16)4-5-13(10)22-14(24)23(7-3-6-20)21-9-11(2)15(17,18)19/h4-5,8-9,11H,3,7H2,1-2H3,(H,22,24)/b21-9+. The third-order valence-corrected chi connectivity index (χ3v) is 3.85. The molecule has 1 aromatic rings. The first-order valence-corrected chi connectivity index (χ1v) is 8.17. The minimum atomic E-state index is -4.37. The molecule has 0 saturated heterocycles. The lowest BCUT2D eigenvalue weighted by molar-refractivity contribution is -0.149. The summed E-state index contributed by atoms with van der Waals surface area (Å²) in [7, 11) is 0. The molecule has 1 atom stereocenters. The molecule has 0 heterocycles. The smallest absolute Gasteiger partial charge is 0.331 e. The second kappa shape index (κ2) is 8.99. The van der Waals surface area contributed by atoms with Crippen molar-refractivity contribution in [3.8, 4) is 6.07 Å². The van der Waals surface area contributed by atoms with E-state index in [4.69, 9.17) is 17.5 Å². The van der Waals surface area contributed by atoms with Crippen molar-refractivity contribution in [2.24, 2.45) is 11.0 Å². The Kier molecular flexibility index (Phi) is 7.63. The molecule has 0 aliphatic rings. The van der Waals surface area contributed by atoms with Crippen LogP contribution in [0.5, 0.6) is 0 Å². The number of halogens is 4. The fourth-order valence-electron chi connectivity index (χ4n) is 1.58. The lowest BCUT2D eigenvalue weighted by Crippen LogP contribution is -2.32. The molecule has 0 fully saturated rings. The lowest BCUT2D eigenvalue weighted by Gasteiger charge is -2.21. The van der Waals surface area contributed by atoms with Crippen LogP contribution in [0.1, 0.15) is 18.9 Å². The van der Waals surface area contributed by atoms with Crippen LogP contribution < -0.4 is 5.32 Å². The van der Waals surface area contributed by atoms with Gasteiger partial charge < -0.3 is 5.32 Å². The maximum absolute atomic E-state index is 12.6. The summed E-state index contributed by atoms with van der Waals surface area (Å²) in [4.78, 5) is 0. The van der Waals surface area contributed by atoms with Crippen LogP contribution in [0.3, 0.4) is 0 Å². The van der Waals surface area contributed by atoms with Crippen molar-refractivity contribution in [3.63, 3.8) is 0 Å². The molecule has 0 aromatic heterocycles. The predicted octanol–water partition coefficient (Wildman–Crippen LogP) is 4.85. The number of aryl methyl sites for hydroxylation is 1. The van der Waals surface area contributed by atoms with Crippen LogP contribution in [0.4, 0.5) is 18.9 Å². The molecule has 0 aliphatic carbocycles. The van der Waals surface area contributed by atoms with Crippen LogP contribution in [-0.2, 0) is 0 Å². The summed E-state index contributed by atoms with van der Waals surface area (Å²) in [6.07, 6.45) is -3.51. The second-order valence-corrected chi connectivity index (χ2v) is 6.32. The van der Waals surface area contributed by atoms with E-state index in [2.05, 4.69) is 26.3 Å². The predicted molar refractivity (Wildman–Crippen MR) is 95.7 cm³/mol. The molecule has 1 unspecified atom stereocenters. The Balaban J connectivity index is 2.89. The summed E-state index contributed by atoms with van der Waals surface area (Å²) < 4.78 is 38.6. The molecule has 1 rings (SSSR count). The number of anilines is 1. The monoisotopic (exact) mass is 420 g/mol. The number of nitriles is 1. The van der Waals surface area contributed by atoms with E-state index in [1.165, 1.54) is 5.01 Å². The quantitative estimate of drug-likeness (QED) is 0.420. The van der Waals surface area contributed by atoms with Gasteiger partial charge in [0.15, 0.2) is 5.11 Å². The maximum Gasteiger partial charge on any atom is 0.396 e. The first-order valence-electron chi connectivity index (χ1n) is 6.97. The van der Waals surface area contributed by atoms with Crippen LogP contribution in [0, 0.1) is 24.2 Å². The molecule has 0 radical (unpaired) electrons. The number of thiocarbonyl (C=S) groups is 1. The van der Waals surface area contributed by atoms with Crippen molar-refractivity contribution < 1.29 is 13.2 Å². The molecule has 1 aromatic carbocycles. The number of alkyl halides is 3. The number of hydrazone groups is 1. The van der Waals surface area contributed by atoms with Crippen LogP contribution in [-0.4, -0.2) is 29.1 Å². The van der Waals surface area contributed by atoms with E-state index in [9.17, 15) is 13.2 Å². The van der Waals surface area contributed by atoms with Gasteiger partial charge in [-0.2, -0.15) is 23.5 Å². The number of hydrogen-bond acceptors (Lipinski definition) is 3. The Bertz CT molecular complexity index is 655. The number of benzene rings is 1. The Morgan fingerprint density at radius 2 is 2.21 bits per heavy atom. The first kappa shape index (κ1) is 20.4. The minimum Gasteiger partial charge on any atom is -0.331 e. The van der Waals surface area contributed by atoms with Gasteiger partial charge in [0.05, 0.1) is 25.0 Å². The van der Waals surface area contributed by atoms with Crippen molar-refractivity contribution in [1.29, 1.82) is 5.26 Å². The fourth-order valence-corrected chi connectivity index (χ4v) is 2.30. The van der Waals surface area contributed by atoms with Crippen LogP contribution in [0.25, 0.3) is 0 Å². The molecular formula is C15H16BrF3N4S. The van der Waals surface area contributed by atoms with E-state index < -0.39 is 12.1 Å². The average molecular weight is 421 g/mol. The van der Waals surface area contributed by atoms with Crippen LogP contribution in [0.2, 0.25) is 0 Å². The van der Waals surface area contributed by atoms with Gasteiger partial charge in [-0.05, 0) is 49.8 Å². The largest absolute Gasteiger partial charge is 0.396 e. The normalized spacial score (nSPS) is 12.7. The summed E-state index contributed by atoms with van der Waals surface area (Å²) in [6, 6.07) is 7.40. The van der Waals surface area contributed by atoms with Gasteiger partial charge in [0.25, 0.3) is 0 Å². The SMILES string of the molecule is Cc1cc(Br)ccc1NC(=S)N(CCC#N)/N=C/C(C)C(F)(F)F. The number of nitrogens with one attached hydrogen (secondary N) is 1. The molecule has 0 saturated carbocycles. The highest BCUT2D eigenvalue weighted by atomic mass is 79.9. The van der Waals surface area contributed by atoms with Gasteiger partial charge in [-0.3, -0.25) is 0 Å². The molecule has 4 nitrogen and oxygen atoms in total. The highest BCUT2D eigenvalue weighted by Crippen LogP contribution is 2.24. The third kappa shape index (κ3) is 6.45. The van der Waals surface area contributed by atoms with Crippen molar-refractivity contribution >= 4 is 45.2 Å². The zero-order valence-electron chi connectivity index (χ0n) is 13.1. The van der Waals surface area contributed by atoms with Crippen molar-refractivity contribution in [3.05, 3.63) is 28.2 Å². The van der Waals surface area contributed by atoms with E-state index in [0.717, 1.165) is 23.2 Å². The van der Waals surface area contributed by atoms with Crippen molar-refractivity contribution in [1.82, 2.24) is 5.01 Å². The number of nitrogens with zero attached hydrogens (tertiary/aromatic N) is 3. The fraction of sp³-hybridized carbons (Fsp3) is 0.400. The molecule has 130 valence electrons. The van der Waals surface area contributed by atoms with Gasteiger partial charge in [0, 0.05) is 16.4 Å². The summed E-state index contributed by atoms with van der Waals surface area (Å²) in [5, 5.41) is 16.7. The molecule has 0 bridgehead atoms. The van der Waals surface area contributed by atoms with Crippen LogP contribution >= 0.6 is 28.1 Å². The summed E-state index contributed by atoms with van der Waals surface area (Å²) in [5.41, 5.74) is 1.61. The molecule has 24 heavy (non-hydrogen) atoms. The Labute approximate surface area is 152 Å². The Morgan fingerprint density at radius 3 is 2.75 bits per heavy atom. The average Bonchev–Trinajstić information content (AvgIpc) is 2.48. The zero-order valence-corrected chi connectivity index (χ0v) is 15.5. The van der Waals surface area contributed by atoms with Gasteiger partial charge in [0.2, 0.25) is 0 Å². The first-order chi connectivity index (χ1) is 11.1. The van der Waals surface area contributed by atoms with E-state index >= 15 is 0 Å². The van der Waals surface area contributed by atoms with E-state index in [1.807, 2.05) is 25.1 Å². The molecule has 0 spiro atoms. The minimum absolute atomic E-state index is 0.0822. The van der Waals surface area contributed by atoms with Gasteiger partial charge in [-0.1, -0.05) is 15.9 Å². The van der Waals surface area contributed by atoms with E-state index in [1.54, 1.807) is 6.07 Å². The summed E-state index contributed by atoms with van der Waals surface area (Å²) in [6.45, 7) is 2.96. The summed E-state index contributed by atoms with van der Waals surface area (Å²) in [5.74, 6) is -1.71. The van der Waals surface area contributed by atoms with Gasteiger partial charge in [-0.15, -0.1) is 0 Å². The van der Waals surface area contributed by atoms with Gasteiger partial charge in [-0.25, -0.2) is 5.01 Å². The Hall–Kier alpha value is -1.66. The van der Waals surface area contributed by atoms with E-state index in [0.29, 0.717) is 5.69 Å². The zero-order chi connectivity index (χ0) is 18.3. The lowest BCUT2D eigenvalue weighted by atomic mass is 10.2. The second-order valence-electron chi connectivity index (χ2n) is 5.02. The van der Waals surface area contributed by atoms with Crippen molar-refractivity contribution in [2.45, 2.75) is 26.4 Å². The molecule has 1 N–H and O–H groups in total. The van der Waals surface area contributed by atoms with E-state index in [-0.39, 0.29) is 18.1 Å². The number of rotatable bonds is 5. The molecular weight excluding hydrogens is 405 g/mol. The van der Waals surface area contributed by atoms with Crippen LogP contribution in [0.15, 0.2) is 27.8 Å². The Morgan fingerprint density at radius 1 is 1.54 bits per heavy atom. The summed E-state index contributed by atoms with van der Waals surface area (Å²) >= 11 is 8.56. The number of hydrogen-bond donors (Lipinski definition) is 1. The van der Waals surface area contributed by atoms with Crippen molar-refractivity contribution in [2.75, 3.05) is 11.9 Å². The van der Waals surface area contributed by atoms with Gasteiger partial charge >= 0.3 is 6.18 Å². The molecule has 0 amide bonds. The topological polar surface area (TPSA) is 51.4 Å². The highest BCUT2D eigenvalue weighted by Gasteiger charge is 2.34. The maximum atomic E-state index is 12.6. The molecule has 9 heteroatoms. The third-order valence-electron chi connectivity index (χ3n) is 3.05. The molecule has 0 aliphatic heterocycles.